The molecule has 0 atom stereocenters. The van der Waals surface area contributed by atoms with Gasteiger partial charge in [-0.2, -0.15) is 0 Å². The first-order valence-corrected chi connectivity index (χ1v) is 7.57. The largest absolute Gasteiger partial charge is 0.494 e. The zero-order valence-electron chi connectivity index (χ0n) is 9.15. The average molecular weight is 263 g/mol. The summed E-state index contributed by atoms with van der Waals surface area (Å²) in [5, 5.41) is 0. The van der Waals surface area contributed by atoms with E-state index in [-0.39, 0.29) is 5.75 Å². The van der Waals surface area contributed by atoms with Crippen molar-refractivity contribution in [2.45, 2.75) is 19.8 Å². The minimum absolute atomic E-state index is 0.00569. The molecule has 0 aromatic heterocycles. The Kier molecular flexibility index (Phi) is 5.09. The summed E-state index contributed by atoms with van der Waals surface area (Å²) in [5.41, 5.74) is 1.14. The quantitative estimate of drug-likeness (QED) is 0.585. The molecule has 1 rings (SSSR count). The third-order valence-corrected chi connectivity index (χ3v) is 3.28. The van der Waals surface area contributed by atoms with Gasteiger partial charge < -0.3 is 4.74 Å². The Balaban J connectivity index is 2.21. The zero-order chi connectivity index (χ0) is 12.0. The van der Waals surface area contributed by atoms with Crippen LogP contribution in [0, 0.1) is 6.92 Å². The highest BCUT2D eigenvalue weighted by molar-refractivity contribution is 8.13. The summed E-state index contributed by atoms with van der Waals surface area (Å²) in [4.78, 5) is 0. The molecule has 0 spiro atoms. The van der Waals surface area contributed by atoms with Gasteiger partial charge in [-0.3, -0.25) is 0 Å². The van der Waals surface area contributed by atoms with E-state index in [0.717, 1.165) is 11.3 Å². The Morgan fingerprint density at radius 3 is 2.69 bits per heavy atom. The fraction of sp³-hybridized carbons (Fsp3) is 0.455. The lowest BCUT2D eigenvalue weighted by Crippen LogP contribution is -2.02. The van der Waals surface area contributed by atoms with Crippen molar-refractivity contribution >= 4 is 19.7 Å². The minimum atomic E-state index is -3.36. The fourth-order valence-corrected chi connectivity index (χ4v) is 2.15. The summed E-state index contributed by atoms with van der Waals surface area (Å²) >= 11 is 0. The maximum Gasteiger partial charge on any atom is 0.232 e. The van der Waals surface area contributed by atoms with Crippen LogP contribution >= 0.6 is 10.7 Å². The molecule has 0 bridgehead atoms. The third-order valence-electron chi connectivity index (χ3n) is 2.04. The van der Waals surface area contributed by atoms with Crippen LogP contribution in [0.15, 0.2) is 24.3 Å². The summed E-state index contributed by atoms with van der Waals surface area (Å²) in [6.45, 7) is 2.50. The summed E-state index contributed by atoms with van der Waals surface area (Å²) in [6, 6.07) is 7.74. The number of benzene rings is 1. The van der Waals surface area contributed by atoms with Crippen LogP contribution in [0.4, 0.5) is 0 Å². The van der Waals surface area contributed by atoms with E-state index < -0.39 is 9.05 Å². The van der Waals surface area contributed by atoms with Crippen LogP contribution in [0.3, 0.4) is 0 Å². The highest BCUT2D eigenvalue weighted by Gasteiger charge is 2.03. The molecule has 1 aromatic carbocycles. The molecule has 0 amide bonds. The predicted octanol–water partition coefficient (Wildman–Crippen LogP) is 2.72. The van der Waals surface area contributed by atoms with Crippen LogP contribution in [0.25, 0.3) is 0 Å². The molecule has 0 aliphatic rings. The van der Waals surface area contributed by atoms with E-state index >= 15 is 0 Å². The van der Waals surface area contributed by atoms with Gasteiger partial charge in [-0.15, -0.1) is 0 Å². The van der Waals surface area contributed by atoms with Gasteiger partial charge in [-0.1, -0.05) is 12.1 Å². The monoisotopic (exact) mass is 262 g/mol. The molecule has 0 heterocycles. The number of rotatable bonds is 6. The number of hydrogen-bond acceptors (Lipinski definition) is 3. The number of hydrogen-bond donors (Lipinski definition) is 0. The van der Waals surface area contributed by atoms with Gasteiger partial charge in [-0.25, -0.2) is 8.42 Å². The maximum atomic E-state index is 10.6. The highest BCUT2D eigenvalue weighted by Crippen LogP contribution is 2.12. The van der Waals surface area contributed by atoms with Crippen LogP contribution < -0.4 is 4.74 Å². The Hall–Kier alpha value is -0.740. The second-order valence-electron chi connectivity index (χ2n) is 3.62. The first-order valence-electron chi connectivity index (χ1n) is 5.09. The molecule has 90 valence electrons. The van der Waals surface area contributed by atoms with E-state index in [2.05, 4.69) is 0 Å². The molecular weight excluding hydrogens is 248 g/mol. The summed E-state index contributed by atoms with van der Waals surface area (Å²) in [6.07, 6.45) is 1.21. The Morgan fingerprint density at radius 2 is 2.06 bits per heavy atom. The smallest absolute Gasteiger partial charge is 0.232 e. The van der Waals surface area contributed by atoms with Crippen LogP contribution in [-0.4, -0.2) is 20.8 Å². The van der Waals surface area contributed by atoms with Crippen molar-refractivity contribution in [3.05, 3.63) is 29.8 Å². The third kappa shape index (κ3) is 5.98. The summed E-state index contributed by atoms with van der Waals surface area (Å²) in [5.74, 6) is 0.819. The zero-order valence-corrected chi connectivity index (χ0v) is 10.7. The standard InChI is InChI=1S/C11H15ClO3S/c1-10-5-4-6-11(9-10)15-7-2-3-8-16(12,13)14/h4-6,9H,2-3,7-8H2,1H3. The van der Waals surface area contributed by atoms with E-state index in [0.29, 0.717) is 19.4 Å². The van der Waals surface area contributed by atoms with Crippen LogP contribution in [0.1, 0.15) is 18.4 Å². The topological polar surface area (TPSA) is 43.4 Å². The SMILES string of the molecule is Cc1cccc(OCCCCS(=O)(=O)Cl)c1. The van der Waals surface area contributed by atoms with Gasteiger partial charge in [-0.05, 0) is 37.5 Å². The molecule has 0 saturated carbocycles. The Morgan fingerprint density at radius 1 is 1.31 bits per heavy atom. The van der Waals surface area contributed by atoms with Crippen molar-refractivity contribution in [3.8, 4) is 5.75 Å². The van der Waals surface area contributed by atoms with Gasteiger partial charge in [0, 0.05) is 10.7 Å². The maximum absolute atomic E-state index is 10.6. The number of aryl methyl sites for hydroxylation is 1. The van der Waals surface area contributed by atoms with E-state index in [9.17, 15) is 8.42 Å². The van der Waals surface area contributed by atoms with Crippen molar-refractivity contribution in [3.63, 3.8) is 0 Å². The summed E-state index contributed by atoms with van der Waals surface area (Å²) in [7, 11) is 1.72. The normalized spacial score (nSPS) is 11.4. The van der Waals surface area contributed by atoms with E-state index in [1.54, 1.807) is 0 Å². The van der Waals surface area contributed by atoms with Crippen molar-refractivity contribution in [1.82, 2.24) is 0 Å². The number of ether oxygens (including phenoxy) is 1. The Bertz CT molecular complexity index is 429. The van der Waals surface area contributed by atoms with Gasteiger partial charge >= 0.3 is 0 Å². The fourth-order valence-electron chi connectivity index (χ4n) is 1.27. The van der Waals surface area contributed by atoms with Crippen molar-refractivity contribution in [2.75, 3.05) is 12.4 Å². The molecule has 16 heavy (non-hydrogen) atoms. The van der Waals surface area contributed by atoms with Crippen molar-refractivity contribution < 1.29 is 13.2 Å². The molecule has 0 N–H and O–H groups in total. The summed E-state index contributed by atoms with van der Waals surface area (Å²) < 4.78 is 26.7. The van der Waals surface area contributed by atoms with E-state index in [4.69, 9.17) is 15.4 Å². The Labute approximate surface area is 101 Å². The van der Waals surface area contributed by atoms with Crippen molar-refractivity contribution in [2.24, 2.45) is 0 Å². The molecule has 0 aliphatic heterocycles. The molecule has 1 aromatic rings. The van der Waals surface area contributed by atoms with Crippen molar-refractivity contribution in [1.29, 1.82) is 0 Å². The van der Waals surface area contributed by atoms with Gasteiger partial charge in [0.1, 0.15) is 5.75 Å². The molecule has 0 fully saturated rings. The van der Waals surface area contributed by atoms with Crippen LogP contribution in [0.5, 0.6) is 5.75 Å². The molecular formula is C11H15ClO3S. The number of unbranched alkanes of at least 4 members (excludes halogenated alkanes) is 1. The number of halogens is 1. The van der Waals surface area contributed by atoms with Crippen LogP contribution in [-0.2, 0) is 9.05 Å². The van der Waals surface area contributed by atoms with E-state index in [1.165, 1.54) is 0 Å². The molecule has 0 unspecified atom stereocenters. The van der Waals surface area contributed by atoms with Gasteiger partial charge in [0.05, 0.1) is 12.4 Å². The van der Waals surface area contributed by atoms with Gasteiger partial charge in [0.2, 0.25) is 9.05 Å². The van der Waals surface area contributed by atoms with Crippen LogP contribution in [0.2, 0.25) is 0 Å². The van der Waals surface area contributed by atoms with E-state index in [1.807, 2.05) is 31.2 Å². The molecule has 0 saturated heterocycles. The molecule has 0 radical (unpaired) electrons. The molecule has 0 aliphatic carbocycles. The second kappa shape index (κ2) is 6.11. The minimum Gasteiger partial charge on any atom is -0.494 e. The average Bonchev–Trinajstić information content (AvgIpc) is 2.15. The van der Waals surface area contributed by atoms with Gasteiger partial charge in [0.15, 0.2) is 0 Å². The molecule has 3 nitrogen and oxygen atoms in total. The predicted molar refractivity (Wildman–Crippen MR) is 65.5 cm³/mol. The lowest BCUT2D eigenvalue weighted by Gasteiger charge is -2.05. The molecule has 5 heteroatoms. The highest BCUT2D eigenvalue weighted by atomic mass is 35.7. The second-order valence-corrected chi connectivity index (χ2v) is 6.51. The lowest BCUT2D eigenvalue weighted by molar-refractivity contribution is 0.309. The lowest BCUT2D eigenvalue weighted by atomic mass is 10.2. The van der Waals surface area contributed by atoms with Gasteiger partial charge in [0.25, 0.3) is 0 Å². The first-order chi connectivity index (χ1) is 7.47. The first kappa shape index (κ1) is 13.3.